The lowest BCUT2D eigenvalue weighted by Crippen LogP contribution is -2.48. The van der Waals surface area contributed by atoms with E-state index >= 15 is 0 Å². The summed E-state index contributed by atoms with van der Waals surface area (Å²) in [6.07, 6.45) is 4.59. The van der Waals surface area contributed by atoms with Crippen LogP contribution in [0.5, 0.6) is 0 Å². The van der Waals surface area contributed by atoms with Crippen LogP contribution in [0.15, 0.2) is 28.7 Å². The Kier molecular flexibility index (Phi) is 3.22. The maximum absolute atomic E-state index is 12.7. The van der Waals surface area contributed by atoms with Crippen molar-refractivity contribution in [2.45, 2.75) is 50.7 Å². The fraction of sp³-hybridized carbons (Fsp3) is 0.500. The zero-order valence-electron chi connectivity index (χ0n) is 13.1. The fourth-order valence-corrected chi connectivity index (χ4v) is 3.95. The van der Waals surface area contributed by atoms with Gasteiger partial charge in [0.15, 0.2) is 5.76 Å². The van der Waals surface area contributed by atoms with Gasteiger partial charge in [0.05, 0.1) is 0 Å². The second kappa shape index (κ2) is 5.13. The molecule has 116 valence electrons. The first-order valence-corrected chi connectivity index (χ1v) is 8.13. The first kappa shape index (κ1) is 13.8. The lowest BCUT2D eigenvalue weighted by molar-refractivity contribution is 0.0652. The summed E-state index contributed by atoms with van der Waals surface area (Å²) in [6, 6.07) is 9.36. The number of carbonyl (C=O) groups is 1. The molecular formula is C18H22N2O2. The Bertz CT molecular complexity index is 709. The quantitative estimate of drug-likeness (QED) is 0.926. The summed E-state index contributed by atoms with van der Waals surface area (Å²) in [4.78, 5) is 14.6. The molecule has 2 atom stereocenters. The van der Waals surface area contributed by atoms with E-state index in [-0.39, 0.29) is 5.91 Å². The molecule has 2 saturated heterocycles. The smallest absolute Gasteiger partial charge is 0.289 e. The first-order valence-electron chi connectivity index (χ1n) is 8.13. The molecule has 2 aromatic rings. The van der Waals surface area contributed by atoms with Crippen LogP contribution in [0.4, 0.5) is 0 Å². The highest BCUT2D eigenvalue weighted by atomic mass is 16.3. The van der Waals surface area contributed by atoms with Gasteiger partial charge in [-0.25, -0.2) is 0 Å². The van der Waals surface area contributed by atoms with Crippen molar-refractivity contribution in [2.24, 2.45) is 0 Å². The zero-order chi connectivity index (χ0) is 15.3. The molecule has 1 aromatic heterocycles. The Morgan fingerprint density at radius 3 is 2.68 bits per heavy atom. The van der Waals surface area contributed by atoms with Crippen molar-refractivity contribution in [3.8, 4) is 0 Å². The lowest BCUT2D eigenvalue weighted by Gasteiger charge is -2.35. The largest absolute Gasteiger partial charge is 0.451 e. The maximum Gasteiger partial charge on any atom is 0.289 e. The zero-order valence-corrected chi connectivity index (χ0v) is 13.1. The fourth-order valence-electron chi connectivity index (χ4n) is 3.95. The highest BCUT2D eigenvalue weighted by Gasteiger charge is 2.37. The Hall–Kier alpha value is -1.81. The Labute approximate surface area is 130 Å². The molecule has 22 heavy (non-hydrogen) atoms. The molecule has 4 rings (SSSR count). The minimum absolute atomic E-state index is 0.000142. The van der Waals surface area contributed by atoms with E-state index in [0.29, 0.717) is 23.9 Å². The molecule has 2 fully saturated rings. The summed E-state index contributed by atoms with van der Waals surface area (Å²) in [5.74, 6) is 0.453. The third kappa shape index (κ3) is 2.31. The standard InChI is InChI=1S/C18H22N2O2/c1-11-3-6-16-12(7-11)8-17(22-16)18(21)20(2)15-9-13-4-5-14(10-15)19-13/h3,6-8,13-15,19H,4-5,9-10H2,1-2H3. The lowest BCUT2D eigenvalue weighted by atomic mass is 9.98. The van der Waals surface area contributed by atoms with Gasteiger partial charge in [0.1, 0.15) is 5.58 Å². The summed E-state index contributed by atoms with van der Waals surface area (Å²) < 4.78 is 5.76. The van der Waals surface area contributed by atoms with Crippen LogP contribution in [0.1, 0.15) is 41.8 Å². The van der Waals surface area contributed by atoms with Crippen LogP contribution in [0, 0.1) is 6.92 Å². The predicted octanol–water partition coefficient (Wildman–Crippen LogP) is 3.10. The van der Waals surface area contributed by atoms with Gasteiger partial charge in [0.2, 0.25) is 0 Å². The number of rotatable bonds is 2. The highest BCUT2D eigenvalue weighted by Crippen LogP contribution is 2.30. The molecule has 4 nitrogen and oxygen atoms in total. The molecule has 3 heterocycles. The van der Waals surface area contributed by atoms with Gasteiger partial charge in [-0.05, 0) is 50.8 Å². The summed E-state index contributed by atoms with van der Waals surface area (Å²) in [5, 5.41) is 4.62. The van der Waals surface area contributed by atoms with E-state index < -0.39 is 0 Å². The number of aryl methyl sites for hydroxylation is 1. The number of nitrogens with one attached hydrogen (secondary N) is 1. The van der Waals surface area contributed by atoms with Gasteiger partial charge >= 0.3 is 0 Å². The van der Waals surface area contributed by atoms with Crippen LogP contribution in [0.2, 0.25) is 0 Å². The molecule has 2 unspecified atom stereocenters. The van der Waals surface area contributed by atoms with Crippen molar-refractivity contribution in [1.82, 2.24) is 10.2 Å². The van der Waals surface area contributed by atoms with E-state index in [1.807, 2.05) is 37.1 Å². The normalized spacial score (nSPS) is 27.3. The predicted molar refractivity (Wildman–Crippen MR) is 86.0 cm³/mol. The molecule has 1 N–H and O–H groups in total. The Balaban J connectivity index is 1.56. The van der Waals surface area contributed by atoms with E-state index in [1.165, 1.54) is 18.4 Å². The molecule has 2 aliphatic rings. The van der Waals surface area contributed by atoms with E-state index in [9.17, 15) is 4.79 Å². The Morgan fingerprint density at radius 1 is 1.23 bits per heavy atom. The van der Waals surface area contributed by atoms with Crippen molar-refractivity contribution in [3.05, 3.63) is 35.6 Å². The number of piperidine rings is 1. The van der Waals surface area contributed by atoms with E-state index in [4.69, 9.17) is 4.42 Å². The number of nitrogens with zero attached hydrogens (tertiary/aromatic N) is 1. The van der Waals surface area contributed by atoms with Crippen molar-refractivity contribution in [3.63, 3.8) is 0 Å². The molecule has 0 saturated carbocycles. The molecule has 1 amide bonds. The Morgan fingerprint density at radius 2 is 1.95 bits per heavy atom. The minimum atomic E-state index is 0.000142. The van der Waals surface area contributed by atoms with Crippen LogP contribution in [0.3, 0.4) is 0 Å². The molecule has 2 bridgehead atoms. The average Bonchev–Trinajstić information content (AvgIpc) is 3.08. The van der Waals surface area contributed by atoms with Crippen LogP contribution < -0.4 is 5.32 Å². The van der Waals surface area contributed by atoms with Crippen LogP contribution in [-0.2, 0) is 0 Å². The van der Waals surface area contributed by atoms with E-state index in [2.05, 4.69) is 11.4 Å². The molecule has 2 aliphatic heterocycles. The van der Waals surface area contributed by atoms with Crippen LogP contribution >= 0.6 is 0 Å². The van der Waals surface area contributed by atoms with Gasteiger partial charge in [-0.15, -0.1) is 0 Å². The SMILES string of the molecule is Cc1ccc2oc(C(=O)N(C)C3CC4CCC(C3)N4)cc2c1. The molecule has 0 aliphatic carbocycles. The van der Waals surface area contributed by atoms with Gasteiger partial charge in [0.25, 0.3) is 5.91 Å². The summed E-state index contributed by atoms with van der Waals surface area (Å²) >= 11 is 0. The number of hydrogen-bond donors (Lipinski definition) is 1. The summed E-state index contributed by atoms with van der Waals surface area (Å²) in [7, 11) is 1.91. The third-order valence-electron chi connectivity index (χ3n) is 5.20. The van der Waals surface area contributed by atoms with Gasteiger partial charge in [-0.1, -0.05) is 11.6 Å². The number of carbonyl (C=O) groups excluding carboxylic acids is 1. The number of amides is 1. The molecule has 0 spiro atoms. The number of hydrogen-bond acceptors (Lipinski definition) is 3. The first-order chi connectivity index (χ1) is 10.6. The number of furan rings is 1. The van der Waals surface area contributed by atoms with Gasteiger partial charge in [-0.2, -0.15) is 0 Å². The topological polar surface area (TPSA) is 45.5 Å². The third-order valence-corrected chi connectivity index (χ3v) is 5.20. The molecular weight excluding hydrogens is 276 g/mol. The average molecular weight is 298 g/mol. The maximum atomic E-state index is 12.7. The van der Waals surface area contributed by atoms with E-state index in [0.717, 1.165) is 23.8 Å². The van der Waals surface area contributed by atoms with Gasteiger partial charge in [-0.3, -0.25) is 4.79 Å². The van der Waals surface area contributed by atoms with E-state index in [1.54, 1.807) is 0 Å². The second-order valence-electron chi connectivity index (χ2n) is 6.83. The monoisotopic (exact) mass is 298 g/mol. The van der Waals surface area contributed by atoms with Crippen molar-refractivity contribution >= 4 is 16.9 Å². The number of fused-ring (bicyclic) bond motifs is 3. The van der Waals surface area contributed by atoms with Crippen molar-refractivity contribution in [1.29, 1.82) is 0 Å². The minimum Gasteiger partial charge on any atom is -0.451 e. The summed E-state index contributed by atoms with van der Waals surface area (Å²) in [6.45, 7) is 2.05. The van der Waals surface area contributed by atoms with Gasteiger partial charge < -0.3 is 14.6 Å². The molecule has 4 heteroatoms. The van der Waals surface area contributed by atoms with Crippen LogP contribution in [0.25, 0.3) is 11.0 Å². The van der Waals surface area contributed by atoms with Crippen molar-refractivity contribution < 1.29 is 9.21 Å². The second-order valence-corrected chi connectivity index (χ2v) is 6.83. The summed E-state index contributed by atoms with van der Waals surface area (Å²) in [5.41, 5.74) is 1.96. The van der Waals surface area contributed by atoms with Gasteiger partial charge in [0, 0.05) is 30.6 Å². The molecule has 1 aromatic carbocycles. The van der Waals surface area contributed by atoms with Crippen LogP contribution in [-0.4, -0.2) is 36.0 Å². The highest BCUT2D eigenvalue weighted by molar-refractivity contribution is 5.96. The van der Waals surface area contributed by atoms with Crippen molar-refractivity contribution in [2.75, 3.05) is 7.05 Å². The number of benzene rings is 1. The molecule has 0 radical (unpaired) electrons.